The molecule has 1 aliphatic rings. The van der Waals surface area contributed by atoms with Crippen molar-refractivity contribution in [3.63, 3.8) is 0 Å². The van der Waals surface area contributed by atoms with Gasteiger partial charge in [0.15, 0.2) is 11.6 Å². The molecular formula is C13H13O5-. The summed E-state index contributed by atoms with van der Waals surface area (Å²) in [4.78, 5) is 30.7. The number of rotatable bonds is 1. The topological polar surface area (TPSA) is 83.5 Å². The van der Waals surface area contributed by atoms with Crippen molar-refractivity contribution in [2.75, 3.05) is 0 Å². The molecule has 5 heteroatoms. The number of Topliss-reactive ketones (excluding diaryl/α,β-unsaturated/α-hetero) is 2. The molecule has 5 nitrogen and oxygen atoms in total. The van der Waals surface area contributed by atoms with Gasteiger partial charge in [-0.15, -0.1) is 0 Å². The van der Waals surface area contributed by atoms with E-state index >= 15 is 0 Å². The fourth-order valence-corrected chi connectivity index (χ4v) is 1.43. The van der Waals surface area contributed by atoms with Crippen molar-refractivity contribution >= 4 is 17.7 Å². The van der Waals surface area contributed by atoms with Gasteiger partial charge in [0, 0.05) is 12.8 Å². The predicted molar refractivity (Wildman–Crippen MR) is 60.9 cm³/mol. The molecule has 0 spiro atoms. The molecule has 0 aromatic heterocycles. The molecule has 1 aromatic rings. The standard InChI is InChI=1S/C7H6O3.C6H8O2/c8-7(9)10-6-4-2-1-3-5-6;7-5-3-1-2-4-6(5)8/h1-5H,(H,8,9);1-4H2/p-1. The van der Waals surface area contributed by atoms with Crippen LogP contribution < -0.4 is 9.84 Å². The van der Waals surface area contributed by atoms with E-state index in [0.29, 0.717) is 12.8 Å². The highest BCUT2D eigenvalue weighted by atomic mass is 16.7. The molecule has 0 atom stereocenters. The Bertz CT molecular complexity index is 408. The van der Waals surface area contributed by atoms with Crippen LogP contribution in [0.25, 0.3) is 0 Å². The van der Waals surface area contributed by atoms with Crippen LogP contribution in [0.15, 0.2) is 30.3 Å². The zero-order chi connectivity index (χ0) is 13.4. The van der Waals surface area contributed by atoms with E-state index in [1.165, 1.54) is 12.1 Å². The molecule has 0 radical (unpaired) electrons. The van der Waals surface area contributed by atoms with Crippen molar-refractivity contribution in [2.24, 2.45) is 0 Å². The number of hydrogen-bond donors (Lipinski definition) is 0. The minimum Gasteiger partial charge on any atom is -0.514 e. The lowest BCUT2D eigenvalue weighted by Crippen LogP contribution is -2.26. The largest absolute Gasteiger partial charge is 0.514 e. The zero-order valence-electron chi connectivity index (χ0n) is 9.76. The third kappa shape index (κ3) is 5.25. The summed E-state index contributed by atoms with van der Waals surface area (Å²) in [6.07, 6.45) is 1.25. The number of hydrogen-bond acceptors (Lipinski definition) is 5. The van der Waals surface area contributed by atoms with E-state index in [1.54, 1.807) is 18.2 Å². The molecule has 0 amide bonds. The minimum absolute atomic E-state index is 0.170. The molecule has 1 fully saturated rings. The number of carbonyl (C=O) groups excluding carboxylic acids is 3. The third-order valence-corrected chi connectivity index (χ3v) is 2.31. The monoisotopic (exact) mass is 249 g/mol. The van der Waals surface area contributed by atoms with Gasteiger partial charge in [-0.1, -0.05) is 18.2 Å². The fourth-order valence-electron chi connectivity index (χ4n) is 1.43. The lowest BCUT2D eigenvalue weighted by atomic mass is 9.98. The first-order chi connectivity index (χ1) is 8.59. The van der Waals surface area contributed by atoms with Crippen LogP contribution in [-0.2, 0) is 9.59 Å². The average molecular weight is 249 g/mol. The van der Waals surface area contributed by atoms with Crippen LogP contribution in [-0.4, -0.2) is 17.7 Å². The molecule has 0 unspecified atom stereocenters. The van der Waals surface area contributed by atoms with Crippen LogP contribution in [0.4, 0.5) is 4.79 Å². The third-order valence-electron chi connectivity index (χ3n) is 2.31. The molecule has 0 saturated heterocycles. The Labute approximate surface area is 104 Å². The Morgan fingerprint density at radius 2 is 1.50 bits per heavy atom. The Morgan fingerprint density at radius 1 is 1.00 bits per heavy atom. The first-order valence-corrected chi connectivity index (χ1v) is 5.59. The Hall–Kier alpha value is -2.17. The van der Waals surface area contributed by atoms with Crippen LogP contribution in [0.1, 0.15) is 25.7 Å². The molecular weight excluding hydrogens is 236 g/mol. The van der Waals surface area contributed by atoms with Crippen LogP contribution >= 0.6 is 0 Å². The number of ether oxygens (including phenoxy) is 1. The number of benzene rings is 1. The molecule has 96 valence electrons. The smallest absolute Gasteiger partial charge is 0.257 e. The van der Waals surface area contributed by atoms with Crippen LogP contribution in [0.2, 0.25) is 0 Å². The van der Waals surface area contributed by atoms with E-state index in [1.807, 2.05) is 0 Å². The maximum absolute atomic E-state index is 10.4. The van der Waals surface area contributed by atoms with Crippen LogP contribution in [0, 0.1) is 0 Å². The van der Waals surface area contributed by atoms with E-state index in [4.69, 9.17) is 0 Å². The Morgan fingerprint density at radius 3 is 1.89 bits per heavy atom. The second kappa shape index (κ2) is 7.21. The van der Waals surface area contributed by atoms with Gasteiger partial charge in [-0.2, -0.15) is 0 Å². The van der Waals surface area contributed by atoms with E-state index in [9.17, 15) is 19.5 Å². The van der Waals surface area contributed by atoms with Crippen LogP contribution in [0.3, 0.4) is 0 Å². The van der Waals surface area contributed by atoms with Gasteiger partial charge in [-0.05, 0) is 25.0 Å². The molecule has 1 aromatic carbocycles. The van der Waals surface area contributed by atoms with Crippen LogP contribution in [0.5, 0.6) is 5.75 Å². The van der Waals surface area contributed by atoms with E-state index in [2.05, 4.69) is 4.74 Å². The number of ketones is 2. The van der Waals surface area contributed by atoms with Gasteiger partial charge >= 0.3 is 0 Å². The van der Waals surface area contributed by atoms with Crippen molar-refractivity contribution in [3.05, 3.63) is 30.3 Å². The summed E-state index contributed by atoms with van der Waals surface area (Å²) in [5.74, 6) is -0.0602. The summed E-state index contributed by atoms with van der Waals surface area (Å²) in [5.41, 5.74) is 0. The van der Waals surface area contributed by atoms with Gasteiger partial charge in [-0.25, -0.2) is 0 Å². The predicted octanol–water partition coefficient (Wildman–Crippen LogP) is 1.11. The lowest BCUT2D eigenvalue weighted by Gasteiger charge is -2.05. The molecule has 0 heterocycles. The molecule has 0 bridgehead atoms. The number of para-hydroxylation sites is 1. The summed E-state index contributed by atoms with van der Waals surface area (Å²) in [6, 6.07) is 8.20. The maximum atomic E-state index is 10.4. The summed E-state index contributed by atoms with van der Waals surface area (Å²) in [7, 11) is 0. The normalized spacial score (nSPS) is 14.4. The molecule has 18 heavy (non-hydrogen) atoms. The summed E-state index contributed by atoms with van der Waals surface area (Å²) >= 11 is 0. The molecule has 1 aliphatic carbocycles. The SMILES string of the molecule is O=C([O-])Oc1ccccc1.O=C1CCCCC1=O. The Kier molecular flexibility index (Phi) is 5.57. The van der Waals surface area contributed by atoms with E-state index in [-0.39, 0.29) is 17.3 Å². The van der Waals surface area contributed by atoms with Crippen molar-refractivity contribution in [1.82, 2.24) is 0 Å². The average Bonchev–Trinajstić information content (AvgIpc) is 2.34. The first-order valence-electron chi connectivity index (χ1n) is 5.59. The molecule has 0 aliphatic heterocycles. The van der Waals surface area contributed by atoms with Crippen molar-refractivity contribution in [3.8, 4) is 5.75 Å². The van der Waals surface area contributed by atoms with Gasteiger partial charge in [0.05, 0.1) is 5.75 Å². The Balaban J connectivity index is 0.000000184. The maximum Gasteiger partial charge on any atom is 0.257 e. The van der Waals surface area contributed by atoms with Crippen molar-refractivity contribution in [1.29, 1.82) is 0 Å². The lowest BCUT2D eigenvalue weighted by molar-refractivity contribution is -0.271. The quantitative estimate of drug-likeness (QED) is 0.423. The second-order valence-electron chi connectivity index (χ2n) is 3.72. The van der Waals surface area contributed by atoms with Gasteiger partial charge in [-0.3, -0.25) is 9.59 Å². The molecule has 2 rings (SSSR count). The fraction of sp³-hybridized carbons (Fsp3) is 0.308. The summed E-state index contributed by atoms with van der Waals surface area (Å²) < 4.78 is 4.22. The molecule has 0 N–H and O–H groups in total. The second-order valence-corrected chi connectivity index (χ2v) is 3.72. The highest BCUT2D eigenvalue weighted by molar-refractivity contribution is 6.37. The summed E-state index contributed by atoms with van der Waals surface area (Å²) in [5, 5.41) is 9.84. The van der Waals surface area contributed by atoms with Gasteiger partial charge in [0.1, 0.15) is 0 Å². The van der Waals surface area contributed by atoms with E-state index in [0.717, 1.165) is 12.8 Å². The first kappa shape index (κ1) is 13.9. The van der Waals surface area contributed by atoms with E-state index < -0.39 is 6.16 Å². The van der Waals surface area contributed by atoms with Crippen molar-refractivity contribution in [2.45, 2.75) is 25.7 Å². The number of carbonyl (C=O) groups is 3. The van der Waals surface area contributed by atoms with Gasteiger partial charge in [0.2, 0.25) is 0 Å². The summed E-state index contributed by atoms with van der Waals surface area (Å²) in [6.45, 7) is 0. The van der Waals surface area contributed by atoms with Crippen molar-refractivity contribution < 1.29 is 24.2 Å². The highest BCUT2D eigenvalue weighted by Crippen LogP contribution is 2.09. The minimum atomic E-state index is -1.54. The van der Waals surface area contributed by atoms with Gasteiger partial charge < -0.3 is 14.6 Å². The highest BCUT2D eigenvalue weighted by Gasteiger charge is 2.16. The zero-order valence-corrected chi connectivity index (χ0v) is 9.76. The number of carboxylic acid groups (broad SMARTS) is 1. The molecule has 1 saturated carbocycles. The van der Waals surface area contributed by atoms with Gasteiger partial charge in [0.25, 0.3) is 6.16 Å².